The number of hydrogen-bond acceptors (Lipinski definition) is 1. The fraction of sp³-hybridized carbons (Fsp3) is 0.588. The van der Waals surface area contributed by atoms with E-state index in [1.54, 1.807) is 0 Å². The summed E-state index contributed by atoms with van der Waals surface area (Å²) in [5, 5.41) is 3.48. The lowest BCUT2D eigenvalue weighted by Gasteiger charge is -2.22. The average molecular weight is 244 g/mol. The van der Waals surface area contributed by atoms with E-state index in [9.17, 15) is 0 Å². The van der Waals surface area contributed by atoms with E-state index in [0.717, 1.165) is 5.92 Å². The van der Waals surface area contributed by atoms with Crippen molar-refractivity contribution >= 4 is 0 Å². The first-order valence-electron chi connectivity index (χ1n) is 7.53. The molecule has 2 rings (SSSR count). The summed E-state index contributed by atoms with van der Waals surface area (Å²) < 4.78 is 0. The normalized spacial score (nSPS) is 19.9. The molecule has 1 radical (unpaired) electrons. The maximum Gasteiger partial charge on any atom is -0.00178 e. The summed E-state index contributed by atoms with van der Waals surface area (Å²) >= 11 is 0. The van der Waals surface area contributed by atoms with Gasteiger partial charge in [-0.05, 0) is 56.7 Å². The molecule has 1 aromatic rings. The zero-order valence-corrected chi connectivity index (χ0v) is 11.4. The molecule has 1 aliphatic heterocycles. The Morgan fingerprint density at radius 3 is 2.61 bits per heavy atom. The molecule has 0 aliphatic carbocycles. The van der Waals surface area contributed by atoms with Crippen LogP contribution in [-0.4, -0.2) is 13.1 Å². The van der Waals surface area contributed by atoms with Crippen LogP contribution in [0.3, 0.4) is 0 Å². The second kappa shape index (κ2) is 8.31. The van der Waals surface area contributed by atoms with E-state index in [1.807, 2.05) is 0 Å². The summed E-state index contributed by atoms with van der Waals surface area (Å²) in [6.45, 7) is 2.40. The van der Waals surface area contributed by atoms with Gasteiger partial charge < -0.3 is 5.32 Å². The Kier molecular flexibility index (Phi) is 6.28. The lowest BCUT2D eigenvalue weighted by atomic mass is 9.93. The molecule has 1 saturated heterocycles. The monoisotopic (exact) mass is 244 g/mol. The highest BCUT2D eigenvalue weighted by Gasteiger charge is 2.11. The van der Waals surface area contributed by atoms with E-state index in [1.165, 1.54) is 63.6 Å². The third-order valence-corrected chi connectivity index (χ3v) is 3.86. The first kappa shape index (κ1) is 13.6. The number of hydrogen-bond donors (Lipinski definition) is 1. The zero-order valence-electron chi connectivity index (χ0n) is 11.4. The Balaban J connectivity index is 1.46. The molecule has 1 heteroatoms. The quantitative estimate of drug-likeness (QED) is 0.715. The Morgan fingerprint density at radius 1 is 1.00 bits per heavy atom. The molecule has 1 aliphatic rings. The maximum atomic E-state index is 3.48. The van der Waals surface area contributed by atoms with Gasteiger partial charge in [0.05, 0.1) is 0 Å². The minimum atomic E-state index is 0.841. The van der Waals surface area contributed by atoms with Crippen molar-refractivity contribution in [1.82, 2.24) is 5.32 Å². The molecule has 18 heavy (non-hydrogen) atoms. The topological polar surface area (TPSA) is 12.0 Å². The highest BCUT2D eigenvalue weighted by Crippen LogP contribution is 2.17. The van der Waals surface area contributed by atoms with Crippen LogP contribution >= 0.6 is 0 Å². The van der Waals surface area contributed by atoms with Crippen LogP contribution in [0.5, 0.6) is 0 Å². The van der Waals surface area contributed by atoms with Crippen molar-refractivity contribution in [2.45, 2.75) is 44.9 Å². The van der Waals surface area contributed by atoms with Crippen LogP contribution in [0.4, 0.5) is 0 Å². The molecule has 1 heterocycles. The minimum absolute atomic E-state index is 0.841. The van der Waals surface area contributed by atoms with E-state index in [-0.39, 0.29) is 0 Å². The molecule has 1 atom stereocenters. The van der Waals surface area contributed by atoms with Gasteiger partial charge in [0.2, 0.25) is 0 Å². The van der Waals surface area contributed by atoms with Crippen molar-refractivity contribution in [3.05, 3.63) is 42.3 Å². The first-order valence-corrected chi connectivity index (χ1v) is 7.53. The summed E-state index contributed by atoms with van der Waals surface area (Å²) in [7, 11) is 0. The Hall–Kier alpha value is -0.820. The molecule has 1 aromatic carbocycles. The average Bonchev–Trinajstić information content (AvgIpc) is 2.45. The van der Waals surface area contributed by atoms with E-state index in [0.29, 0.717) is 0 Å². The smallest absolute Gasteiger partial charge is 0.00178 e. The van der Waals surface area contributed by atoms with Crippen molar-refractivity contribution in [2.75, 3.05) is 13.1 Å². The highest BCUT2D eigenvalue weighted by atomic mass is 14.9. The van der Waals surface area contributed by atoms with Gasteiger partial charge in [0.15, 0.2) is 0 Å². The van der Waals surface area contributed by atoms with Crippen LogP contribution in [0.25, 0.3) is 0 Å². The number of nitrogens with one attached hydrogen (secondary N) is 1. The number of benzene rings is 1. The van der Waals surface area contributed by atoms with Crippen LogP contribution in [-0.2, 0) is 6.42 Å². The molecule has 1 N–H and O–H groups in total. The SMILES string of the molecule is [CH]1CCNCC1CCCCCCc1ccccc1. The maximum absolute atomic E-state index is 3.48. The van der Waals surface area contributed by atoms with Crippen LogP contribution in [0, 0.1) is 12.3 Å². The first-order chi connectivity index (χ1) is 8.95. The predicted molar refractivity (Wildman–Crippen MR) is 78.5 cm³/mol. The number of rotatable bonds is 7. The summed E-state index contributed by atoms with van der Waals surface area (Å²) in [6, 6.07) is 10.9. The molecular formula is C17H26N. The summed E-state index contributed by atoms with van der Waals surface area (Å²) in [5.41, 5.74) is 1.49. The van der Waals surface area contributed by atoms with Crippen LogP contribution < -0.4 is 5.32 Å². The van der Waals surface area contributed by atoms with Crippen LogP contribution in [0.1, 0.15) is 44.1 Å². The second-order valence-electron chi connectivity index (χ2n) is 5.43. The predicted octanol–water partition coefficient (Wildman–Crippen LogP) is 3.99. The summed E-state index contributed by atoms with van der Waals surface area (Å²) in [5.74, 6) is 0.841. The minimum Gasteiger partial charge on any atom is -0.316 e. The van der Waals surface area contributed by atoms with Gasteiger partial charge in [-0.3, -0.25) is 0 Å². The zero-order chi connectivity index (χ0) is 12.5. The lowest BCUT2D eigenvalue weighted by molar-refractivity contribution is 0.420. The van der Waals surface area contributed by atoms with Gasteiger partial charge in [-0.1, -0.05) is 49.6 Å². The summed E-state index contributed by atoms with van der Waals surface area (Å²) in [6.07, 6.45) is 11.9. The van der Waals surface area contributed by atoms with Crippen molar-refractivity contribution < 1.29 is 0 Å². The molecular weight excluding hydrogens is 218 g/mol. The second-order valence-corrected chi connectivity index (χ2v) is 5.43. The Morgan fingerprint density at radius 2 is 1.83 bits per heavy atom. The van der Waals surface area contributed by atoms with Crippen molar-refractivity contribution in [3.63, 3.8) is 0 Å². The standard InChI is InChI=1S/C17H26N/c1(4-9-16-10-6-3-7-11-16)2-5-12-17-13-8-14-18-15-17/h3,6-7,10-11,13,17-18H,1-2,4-5,8-9,12,14-15H2. The third kappa shape index (κ3) is 5.22. The molecule has 0 aromatic heterocycles. The number of aryl methyl sites for hydroxylation is 1. The molecule has 99 valence electrons. The number of piperidine rings is 1. The van der Waals surface area contributed by atoms with Crippen molar-refractivity contribution in [3.8, 4) is 0 Å². The van der Waals surface area contributed by atoms with Gasteiger partial charge in [-0.15, -0.1) is 0 Å². The van der Waals surface area contributed by atoms with Crippen LogP contribution in [0.2, 0.25) is 0 Å². The van der Waals surface area contributed by atoms with E-state index in [2.05, 4.69) is 42.1 Å². The Labute approximate surface area is 112 Å². The van der Waals surface area contributed by atoms with Gasteiger partial charge in [0, 0.05) is 0 Å². The van der Waals surface area contributed by atoms with Crippen molar-refractivity contribution in [1.29, 1.82) is 0 Å². The van der Waals surface area contributed by atoms with Crippen LogP contribution in [0.15, 0.2) is 30.3 Å². The van der Waals surface area contributed by atoms with E-state index in [4.69, 9.17) is 0 Å². The molecule has 1 nitrogen and oxygen atoms in total. The third-order valence-electron chi connectivity index (χ3n) is 3.86. The molecule has 0 bridgehead atoms. The Bertz CT molecular complexity index is 301. The highest BCUT2D eigenvalue weighted by molar-refractivity contribution is 5.14. The largest absolute Gasteiger partial charge is 0.316 e. The van der Waals surface area contributed by atoms with Gasteiger partial charge in [0.25, 0.3) is 0 Å². The molecule has 0 amide bonds. The van der Waals surface area contributed by atoms with E-state index < -0.39 is 0 Å². The van der Waals surface area contributed by atoms with Gasteiger partial charge in [-0.2, -0.15) is 0 Å². The van der Waals surface area contributed by atoms with Gasteiger partial charge >= 0.3 is 0 Å². The fourth-order valence-electron chi connectivity index (χ4n) is 2.75. The summed E-state index contributed by atoms with van der Waals surface area (Å²) in [4.78, 5) is 0. The number of unbranched alkanes of at least 4 members (excludes halogenated alkanes) is 3. The van der Waals surface area contributed by atoms with Gasteiger partial charge in [-0.25, -0.2) is 0 Å². The van der Waals surface area contributed by atoms with E-state index >= 15 is 0 Å². The molecule has 1 unspecified atom stereocenters. The fourth-order valence-corrected chi connectivity index (χ4v) is 2.75. The molecule has 0 spiro atoms. The molecule has 0 saturated carbocycles. The molecule has 1 fully saturated rings. The van der Waals surface area contributed by atoms with Crippen molar-refractivity contribution in [2.24, 2.45) is 5.92 Å². The lowest BCUT2D eigenvalue weighted by Crippen LogP contribution is -2.30. The van der Waals surface area contributed by atoms with Gasteiger partial charge in [0.1, 0.15) is 0 Å².